The van der Waals surface area contributed by atoms with Gasteiger partial charge in [-0.3, -0.25) is 4.90 Å². The lowest BCUT2D eigenvalue weighted by molar-refractivity contribution is 0.00776. The second-order valence-electron chi connectivity index (χ2n) is 11.1. The van der Waals surface area contributed by atoms with Crippen LogP contribution in [0.4, 0.5) is 4.79 Å². The molecule has 5 heteroatoms. The van der Waals surface area contributed by atoms with Crippen LogP contribution in [0.3, 0.4) is 0 Å². The molecule has 1 unspecified atom stereocenters. The van der Waals surface area contributed by atoms with E-state index in [1.165, 1.54) is 11.1 Å². The Kier molecular flexibility index (Phi) is 6.03. The summed E-state index contributed by atoms with van der Waals surface area (Å²) in [6, 6.07) is 9.31. The van der Waals surface area contributed by atoms with Gasteiger partial charge in [0.2, 0.25) is 0 Å². The molecule has 1 aromatic carbocycles. The molecule has 1 heterocycles. The first kappa shape index (κ1) is 22.1. The van der Waals surface area contributed by atoms with Gasteiger partial charge in [0.05, 0.1) is 0 Å². The number of nitrogens with two attached hydrogens (primary N) is 1. The molecular weight excluding hydrogens is 362 g/mol. The van der Waals surface area contributed by atoms with E-state index < -0.39 is 5.60 Å². The van der Waals surface area contributed by atoms with E-state index in [9.17, 15) is 4.79 Å². The average Bonchev–Trinajstić information content (AvgIpc) is 3.37. The summed E-state index contributed by atoms with van der Waals surface area (Å²) in [4.78, 5) is 16.8. The van der Waals surface area contributed by atoms with Crippen LogP contribution in [0.2, 0.25) is 0 Å². The molecule has 1 aliphatic heterocycles. The minimum absolute atomic E-state index is 0.0862. The first-order valence-corrected chi connectivity index (χ1v) is 11.0. The maximum Gasteiger partial charge on any atom is 0.410 e. The number of amides is 1. The van der Waals surface area contributed by atoms with Crippen LogP contribution in [0, 0.1) is 5.41 Å². The smallest absolute Gasteiger partial charge is 0.410 e. The molecule has 1 atom stereocenters. The van der Waals surface area contributed by atoms with Crippen molar-refractivity contribution >= 4 is 6.09 Å². The molecule has 1 amide bonds. The second kappa shape index (κ2) is 7.92. The molecule has 2 fully saturated rings. The minimum Gasteiger partial charge on any atom is -0.444 e. The van der Waals surface area contributed by atoms with Crippen molar-refractivity contribution < 1.29 is 9.53 Å². The Hall–Kier alpha value is -1.59. The number of ether oxygens (including phenoxy) is 1. The normalized spacial score (nSPS) is 21.0. The topological polar surface area (TPSA) is 58.8 Å². The van der Waals surface area contributed by atoms with Gasteiger partial charge in [0, 0.05) is 37.8 Å². The largest absolute Gasteiger partial charge is 0.444 e. The molecule has 2 N–H and O–H groups in total. The van der Waals surface area contributed by atoms with E-state index in [0.29, 0.717) is 19.1 Å². The number of carbonyl (C=O) groups excluding carboxylic acids is 1. The molecule has 2 aliphatic rings. The Morgan fingerprint density at radius 2 is 1.59 bits per heavy atom. The summed E-state index contributed by atoms with van der Waals surface area (Å²) in [7, 11) is 0. The summed E-state index contributed by atoms with van der Waals surface area (Å²) in [5, 5.41) is 0. The maximum atomic E-state index is 12.4. The molecule has 0 aromatic heterocycles. The van der Waals surface area contributed by atoms with Crippen LogP contribution in [0.5, 0.6) is 0 Å². The van der Waals surface area contributed by atoms with Gasteiger partial charge in [0.1, 0.15) is 5.60 Å². The molecule has 3 rings (SSSR count). The lowest BCUT2D eigenvalue weighted by Gasteiger charge is -2.41. The van der Waals surface area contributed by atoms with Gasteiger partial charge in [0.25, 0.3) is 0 Å². The highest BCUT2D eigenvalue weighted by atomic mass is 16.6. The third kappa shape index (κ3) is 5.95. The van der Waals surface area contributed by atoms with Crippen LogP contribution < -0.4 is 5.73 Å². The average molecular weight is 402 g/mol. The van der Waals surface area contributed by atoms with Gasteiger partial charge in [-0.2, -0.15) is 0 Å². The summed E-state index contributed by atoms with van der Waals surface area (Å²) in [6.07, 6.45) is 3.05. The Balaban J connectivity index is 1.69. The van der Waals surface area contributed by atoms with Crippen molar-refractivity contribution in [2.45, 2.75) is 78.0 Å². The zero-order valence-corrected chi connectivity index (χ0v) is 19.1. The van der Waals surface area contributed by atoms with Gasteiger partial charge >= 0.3 is 6.09 Å². The van der Waals surface area contributed by atoms with Crippen LogP contribution in [0.15, 0.2) is 24.3 Å². The van der Waals surface area contributed by atoms with Crippen LogP contribution >= 0.6 is 0 Å². The van der Waals surface area contributed by atoms with E-state index in [1.54, 1.807) is 0 Å². The van der Waals surface area contributed by atoms with E-state index in [1.807, 2.05) is 25.7 Å². The Labute approximate surface area is 176 Å². The number of hydrogen-bond donors (Lipinski definition) is 1. The quantitative estimate of drug-likeness (QED) is 0.797. The Bertz CT molecular complexity index is 703. The van der Waals surface area contributed by atoms with Crippen molar-refractivity contribution in [2.75, 3.05) is 26.2 Å². The van der Waals surface area contributed by atoms with Crippen molar-refractivity contribution in [1.29, 1.82) is 0 Å². The molecule has 5 nitrogen and oxygen atoms in total. The highest BCUT2D eigenvalue weighted by Gasteiger charge is 2.40. The van der Waals surface area contributed by atoms with Crippen LogP contribution in [0.1, 0.15) is 78.0 Å². The zero-order valence-electron chi connectivity index (χ0n) is 19.1. The molecule has 0 radical (unpaired) electrons. The van der Waals surface area contributed by atoms with Crippen LogP contribution in [-0.2, 0) is 10.3 Å². The standard InChI is InChI=1S/C24H39N3O2/c1-22(2,3)17-20(18-7-9-19(10-8-18)24(25)11-12-24)26-13-15-27(16-14-26)21(28)29-23(4,5)6/h7-10,20H,11-17,25H2,1-6H3. The number of nitrogens with zero attached hydrogens (tertiary/aromatic N) is 2. The van der Waals surface area contributed by atoms with Gasteiger partial charge in [-0.25, -0.2) is 4.79 Å². The molecule has 0 spiro atoms. The minimum atomic E-state index is -0.452. The summed E-state index contributed by atoms with van der Waals surface area (Å²) < 4.78 is 5.55. The van der Waals surface area contributed by atoms with Gasteiger partial charge in [-0.05, 0) is 56.6 Å². The van der Waals surface area contributed by atoms with E-state index >= 15 is 0 Å². The first-order chi connectivity index (χ1) is 13.4. The fourth-order valence-corrected chi connectivity index (χ4v) is 4.04. The highest BCUT2D eigenvalue weighted by Crippen LogP contribution is 2.43. The van der Waals surface area contributed by atoms with Crippen molar-refractivity contribution in [3.8, 4) is 0 Å². The van der Waals surface area contributed by atoms with Crippen LogP contribution in [-0.4, -0.2) is 47.7 Å². The monoisotopic (exact) mass is 401 g/mol. The van der Waals surface area contributed by atoms with Crippen molar-refractivity contribution in [3.05, 3.63) is 35.4 Å². The molecular formula is C24H39N3O2. The number of carbonyl (C=O) groups is 1. The lowest BCUT2D eigenvalue weighted by Crippen LogP contribution is -2.51. The van der Waals surface area contributed by atoms with Crippen molar-refractivity contribution in [2.24, 2.45) is 11.1 Å². The third-order valence-electron chi connectivity index (χ3n) is 5.87. The third-order valence-corrected chi connectivity index (χ3v) is 5.87. The molecule has 1 aliphatic carbocycles. The lowest BCUT2D eigenvalue weighted by atomic mass is 9.84. The number of piperazine rings is 1. The molecule has 1 saturated carbocycles. The highest BCUT2D eigenvalue weighted by molar-refractivity contribution is 5.68. The molecule has 162 valence electrons. The molecule has 0 bridgehead atoms. The van der Waals surface area contributed by atoms with Crippen molar-refractivity contribution in [3.63, 3.8) is 0 Å². The fourth-order valence-electron chi connectivity index (χ4n) is 4.04. The zero-order chi connectivity index (χ0) is 21.4. The number of rotatable bonds is 4. The van der Waals surface area contributed by atoms with E-state index in [-0.39, 0.29) is 17.0 Å². The van der Waals surface area contributed by atoms with Gasteiger partial charge in [-0.15, -0.1) is 0 Å². The molecule has 1 aromatic rings. The van der Waals surface area contributed by atoms with Crippen LogP contribution in [0.25, 0.3) is 0 Å². The SMILES string of the molecule is CC(C)(C)CC(c1ccc(C2(N)CC2)cc1)N1CCN(C(=O)OC(C)(C)C)CC1. The van der Waals surface area contributed by atoms with Crippen molar-refractivity contribution in [1.82, 2.24) is 9.80 Å². The van der Waals surface area contributed by atoms with E-state index in [2.05, 4.69) is 49.9 Å². The van der Waals surface area contributed by atoms with Gasteiger partial charge < -0.3 is 15.4 Å². The fraction of sp³-hybridized carbons (Fsp3) is 0.708. The Morgan fingerprint density at radius 3 is 2.03 bits per heavy atom. The summed E-state index contributed by atoms with van der Waals surface area (Å²) in [5.41, 5.74) is 8.65. The second-order valence-corrected chi connectivity index (χ2v) is 11.1. The predicted octanol–water partition coefficient (Wildman–Crippen LogP) is 4.66. The molecule has 29 heavy (non-hydrogen) atoms. The van der Waals surface area contributed by atoms with Gasteiger partial charge in [0.15, 0.2) is 0 Å². The summed E-state index contributed by atoms with van der Waals surface area (Å²) >= 11 is 0. The van der Waals surface area contributed by atoms with Gasteiger partial charge in [-0.1, -0.05) is 45.0 Å². The summed E-state index contributed by atoms with van der Waals surface area (Å²) in [6.45, 7) is 15.8. The van der Waals surface area contributed by atoms with E-state index in [0.717, 1.165) is 32.4 Å². The predicted molar refractivity (Wildman–Crippen MR) is 118 cm³/mol. The number of hydrogen-bond acceptors (Lipinski definition) is 4. The number of benzene rings is 1. The first-order valence-electron chi connectivity index (χ1n) is 11.0. The summed E-state index contributed by atoms with van der Waals surface area (Å²) in [5.74, 6) is 0. The molecule has 1 saturated heterocycles. The van der Waals surface area contributed by atoms with E-state index in [4.69, 9.17) is 10.5 Å². The maximum absolute atomic E-state index is 12.4. The Morgan fingerprint density at radius 1 is 1.03 bits per heavy atom.